The topological polar surface area (TPSA) is 63.0 Å². The molecule has 0 atom stereocenters. The molecule has 144 valence electrons. The van der Waals surface area contributed by atoms with Crippen molar-refractivity contribution in [1.82, 2.24) is 9.97 Å². The fraction of sp³-hybridized carbons (Fsp3) is 0.304. The average molecular weight is 374 g/mol. The van der Waals surface area contributed by atoms with Crippen LogP contribution in [-0.4, -0.2) is 16.5 Å². The van der Waals surface area contributed by atoms with E-state index in [1.54, 1.807) is 11.8 Å². The van der Waals surface area contributed by atoms with Crippen molar-refractivity contribution >= 4 is 11.8 Å². The molecule has 0 bridgehead atoms. The Labute approximate surface area is 165 Å². The number of allylic oxidation sites excluding steroid dienone is 1. The first-order chi connectivity index (χ1) is 13.9. The van der Waals surface area contributed by atoms with Gasteiger partial charge in [0.05, 0.1) is 18.5 Å². The molecule has 5 nitrogen and oxygen atoms in total. The van der Waals surface area contributed by atoms with Crippen LogP contribution in [0.3, 0.4) is 0 Å². The third kappa shape index (κ3) is 5.00. The van der Waals surface area contributed by atoms with Gasteiger partial charge in [-0.2, -0.15) is 4.98 Å². The van der Waals surface area contributed by atoms with Crippen molar-refractivity contribution in [3.8, 4) is 11.3 Å². The predicted molar refractivity (Wildman–Crippen MR) is 113 cm³/mol. The zero-order valence-electron chi connectivity index (χ0n) is 16.0. The predicted octanol–water partition coefficient (Wildman–Crippen LogP) is 5.65. The van der Waals surface area contributed by atoms with Crippen LogP contribution in [-0.2, 0) is 6.54 Å². The van der Waals surface area contributed by atoms with Crippen molar-refractivity contribution in [2.75, 3.05) is 17.2 Å². The van der Waals surface area contributed by atoms with Crippen LogP contribution in [0.4, 0.5) is 11.8 Å². The molecule has 0 saturated carbocycles. The molecule has 0 fully saturated rings. The van der Waals surface area contributed by atoms with Crippen LogP contribution in [0.25, 0.3) is 11.3 Å². The number of hydrogen-bond acceptors (Lipinski definition) is 5. The number of aromatic nitrogens is 2. The highest BCUT2D eigenvalue weighted by molar-refractivity contribution is 5.64. The molecule has 3 aromatic rings. The first-order valence-electron chi connectivity index (χ1n) is 9.99. The molecular formula is C23H26N4O. The van der Waals surface area contributed by atoms with Gasteiger partial charge in [-0.1, -0.05) is 42.0 Å². The maximum Gasteiger partial charge on any atom is 0.225 e. The number of anilines is 2. The lowest BCUT2D eigenvalue weighted by Gasteiger charge is -2.14. The van der Waals surface area contributed by atoms with Crippen LogP contribution in [0.2, 0.25) is 0 Å². The summed E-state index contributed by atoms with van der Waals surface area (Å²) in [5, 5.41) is 6.75. The van der Waals surface area contributed by atoms with E-state index in [0.717, 1.165) is 35.8 Å². The standard InChI is InChI=1S/C23H26N4O/c1-3-8-18(9-4-1)13-14-24-22-16-21(19-10-5-2-6-11-19)26-23(27-22)25-17-20-12-7-15-28-20/h2,5-8,10-12,15-16H,1,3-4,9,13-14,17H2,(H2,24,25,26,27). The molecule has 0 amide bonds. The van der Waals surface area contributed by atoms with E-state index >= 15 is 0 Å². The maximum absolute atomic E-state index is 5.39. The first-order valence-corrected chi connectivity index (χ1v) is 9.99. The second-order valence-electron chi connectivity index (χ2n) is 7.05. The molecule has 2 N–H and O–H groups in total. The van der Waals surface area contributed by atoms with Gasteiger partial charge in [-0.05, 0) is 44.2 Å². The van der Waals surface area contributed by atoms with Gasteiger partial charge in [0.15, 0.2) is 0 Å². The Bertz CT molecular complexity index is 904. The quantitative estimate of drug-likeness (QED) is 0.499. The normalized spacial score (nSPS) is 13.8. The summed E-state index contributed by atoms with van der Waals surface area (Å²) in [4.78, 5) is 9.33. The highest BCUT2D eigenvalue weighted by Gasteiger charge is 2.08. The van der Waals surface area contributed by atoms with Crippen molar-refractivity contribution in [2.24, 2.45) is 0 Å². The lowest BCUT2D eigenvalue weighted by atomic mass is 9.97. The molecule has 1 aliphatic carbocycles. The van der Waals surface area contributed by atoms with Crippen LogP contribution in [0.1, 0.15) is 37.9 Å². The number of benzene rings is 1. The van der Waals surface area contributed by atoms with Crippen LogP contribution in [0.15, 0.2) is 70.9 Å². The summed E-state index contributed by atoms with van der Waals surface area (Å²) in [7, 11) is 0. The Hall–Kier alpha value is -3.08. The molecule has 0 aliphatic heterocycles. The SMILES string of the molecule is C1=C(CCNc2cc(-c3ccccc3)nc(NCc3ccco3)n2)CCCC1. The summed E-state index contributed by atoms with van der Waals surface area (Å²) in [5.41, 5.74) is 3.54. The van der Waals surface area contributed by atoms with Gasteiger partial charge in [0.2, 0.25) is 5.95 Å². The summed E-state index contributed by atoms with van der Waals surface area (Å²) in [5.74, 6) is 2.29. The molecule has 4 rings (SSSR count). The van der Waals surface area contributed by atoms with Crippen LogP contribution in [0, 0.1) is 0 Å². The van der Waals surface area contributed by atoms with E-state index < -0.39 is 0 Å². The molecular weight excluding hydrogens is 348 g/mol. The number of nitrogens with one attached hydrogen (secondary N) is 2. The van der Waals surface area contributed by atoms with E-state index in [1.807, 2.05) is 36.4 Å². The molecule has 0 unspecified atom stereocenters. The molecule has 1 aliphatic rings. The summed E-state index contributed by atoms with van der Waals surface area (Å²) in [6, 6.07) is 16.0. The van der Waals surface area contributed by atoms with Gasteiger partial charge < -0.3 is 15.1 Å². The zero-order valence-corrected chi connectivity index (χ0v) is 16.0. The largest absolute Gasteiger partial charge is 0.467 e. The van der Waals surface area contributed by atoms with E-state index in [2.05, 4.69) is 38.8 Å². The van der Waals surface area contributed by atoms with E-state index in [1.165, 1.54) is 25.7 Å². The van der Waals surface area contributed by atoms with E-state index in [-0.39, 0.29) is 0 Å². The first kappa shape index (κ1) is 18.3. The van der Waals surface area contributed by atoms with E-state index in [4.69, 9.17) is 4.42 Å². The van der Waals surface area contributed by atoms with Crippen LogP contribution >= 0.6 is 0 Å². The van der Waals surface area contributed by atoms with E-state index in [9.17, 15) is 0 Å². The smallest absolute Gasteiger partial charge is 0.225 e. The monoisotopic (exact) mass is 374 g/mol. The molecule has 0 saturated heterocycles. The average Bonchev–Trinajstić information content (AvgIpc) is 3.27. The molecule has 2 heterocycles. The fourth-order valence-electron chi connectivity index (χ4n) is 3.44. The van der Waals surface area contributed by atoms with Gasteiger partial charge in [-0.15, -0.1) is 0 Å². The van der Waals surface area contributed by atoms with Crippen molar-refractivity contribution in [2.45, 2.75) is 38.6 Å². The molecule has 1 aromatic carbocycles. The Kier molecular flexibility index (Phi) is 6.02. The van der Waals surface area contributed by atoms with Crippen molar-refractivity contribution in [1.29, 1.82) is 0 Å². The van der Waals surface area contributed by atoms with Gasteiger partial charge in [-0.25, -0.2) is 4.98 Å². The molecule has 28 heavy (non-hydrogen) atoms. The highest BCUT2D eigenvalue weighted by atomic mass is 16.3. The lowest BCUT2D eigenvalue weighted by Crippen LogP contribution is -2.09. The number of nitrogens with zero attached hydrogens (tertiary/aromatic N) is 2. The fourth-order valence-corrected chi connectivity index (χ4v) is 3.44. The minimum absolute atomic E-state index is 0.553. The van der Waals surface area contributed by atoms with Gasteiger partial charge in [-0.3, -0.25) is 0 Å². The summed E-state index contributed by atoms with van der Waals surface area (Å²) >= 11 is 0. The zero-order chi connectivity index (χ0) is 19.0. The number of furan rings is 1. The van der Waals surface area contributed by atoms with Gasteiger partial charge in [0.25, 0.3) is 0 Å². The summed E-state index contributed by atoms with van der Waals surface area (Å²) in [6.07, 6.45) is 10.2. The van der Waals surface area contributed by atoms with Crippen molar-refractivity contribution in [3.05, 3.63) is 72.2 Å². The Balaban J connectivity index is 1.48. The molecule has 0 spiro atoms. The number of hydrogen-bond donors (Lipinski definition) is 2. The van der Waals surface area contributed by atoms with E-state index in [0.29, 0.717) is 12.5 Å². The molecule has 2 aromatic heterocycles. The van der Waals surface area contributed by atoms with Crippen molar-refractivity contribution < 1.29 is 4.42 Å². The van der Waals surface area contributed by atoms with Gasteiger partial charge >= 0.3 is 0 Å². The minimum Gasteiger partial charge on any atom is -0.467 e. The second-order valence-corrected chi connectivity index (χ2v) is 7.05. The summed E-state index contributed by atoms with van der Waals surface area (Å²) < 4.78 is 5.39. The van der Waals surface area contributed by atoms with Crippen LogP contribution in [0.5, 0.6) is 0 Å². The lowest BCUT2D eigenvalue weighted by molar-refractivity contribution is 0.517. The van der Waals surface area contributed by atoms with Crippen LogP contribution < -0.4 is 10.6 Å². The third-order valence-corrected chi connectivity index (χ3v) is 4.93. The molecule has 5 heteroatoms. The van der Waals surface area contributed by atoms with Gasteiger partial charge in [0, 0.05) is 18.2 Å². The van der Waals surface area contributed by atoms with Crippen molar-refractivity contribution in [3.63, 3.8) is 0 Å². The van der Waals surface area contributed by atoms with Gasteiger partial charge in [0.1, 0.15) is 11.6 Å². The second kappa shape index (κ2) is 9.22. The number of rotatable bonds is 8. The third-order valence-electron chi connectivity index (χ3n) is 4.93. The summed E-state index contributed by atoms with van der Waals surface area (Å²) in [6.45, 7) is 1.44. The highest BCUT2D eigenvalue weighted by Crippen LogP contribution is 2.23. The maximum atomic E-state index is 5.39. The Morgan fingerprint density at radius 1 is 0.964 bits per heavy atom. The molecule has 0 radical (unpaired) electrons. The minimum atomic E-state index is 0.553. The Morgan fingerprint density at radius 3 is 2.68 bits per heavy atom. The Morgan fingerprint density at radius 2 is 1.89 bits per heavy atom.